The largest absolute Gasteiger partial charge is 0.473 e. The Morgan fingerprint density at radius 3 is 2.62 bits per heavy atom. The zero-order valence-corrected chi connectivity index (χ0v) is 10.6. The predicted octanol–water partition coefficient (Wildman–Crippen LogP) is 2.36. The maximum atomic E-state index is 12.8. The molecule has 0 bridgehead atoms. The Balaban J connectivity index is 3.57. The number of nitrogens with zero attached hydrogens (tertiary/aromatic N) is 2. The van der Waals surface area contributed by atoms with E-state index in [0.29, 0.717) is 0 Å². The standard InChI is InChI=1S/C11H9F3N2O5/c1-3-4-21-9-6(11(12,13)14)5-7(16(18)19)8(15-9)10(17)20-2/h3,5H,1,4H2,2H3. The summed E-state index contributed by atoms with van der Waals surface area (Å²) in [6.07, 6.45) is -3.79. The van der Waals surface area contributed by atoms with Crippen LogP contribution in [0.3, 0.4) is 0 Å². The van der Waals surface area contributed by atoms with Crippen LogP contribution in [0.2, 0.25) is 0 Å². The molecule has 0 spiro atoms. The Bertz CT molecular complexity index is 586. The zero-order chi connectivity index (χ0) is 16.2. The van der Waals surface area contributed by atoms with Gasteiger partial charge in [0, 0.05) is 6.07 Å². The van der Waals surface area contributed by atoms with Crippen molar-refractivity contribution < 1.29 is 32.4 Å². The molecule has 0 saturated heterocycles. The maximum absolute atomic E-state index is 12.8. The molecule has 0 aliphatic heterocycles. The zero-order valence-electron chi connectivity index (χ0n) is 10.6. The molecule has 0 aliphatic rings. The summed E-state index contributed by atoms with van der Waals surface area (Å²) in [6, 6.07) is 0.178. The fraction of sp³-hybridized carbons (Fsp3) is 0.273. The minimum Gasteiger partial charge on any atom is -0.473 e. The van der Waals surface area contributed by atoms with Crippen molar-refractivity contribution in [2.45, 2.75) is 6.18 Å². The van der Waals surface area contributed by atoms with Gasteiger partial charge >= 0.3 is 17.8 Å². The lowest BCUT2D eigenvalue weighted by Crippen LogP contribution is -2.16. The molecule has 1 aromatic heterocycles. The number of alkyl halides is 3. The highest BCUT2D eigenvalue weighted by molar-refractivity contribution is 5.92. The summed E-state index contributed by atoms with van der Waals surface area (Å²) >= 11 is 0. The van der Waals surface area contributed by atoms with Gasteiger partial charge in [-0.2, -0.15) is 18.2 Å². The molecule has 0 saturated carbocycles. The van der Waals surface area contributed by atoms with Crippen molar-refractivity contribution >= 4 is 11.7 Å². The second kappa shape index (κ2) is 6.20. The number of halogens is 3. The molecule has 0 N–H and O–H groups in total. The van der Waals surface area contributed by atoms with Crippen molar-refractivity contribution in [1.82, 2.24) is 4.98 Å². The van der Waals surface area contributed by atoms with Crippen molar-refractivity contribution in [3.05, 3.63) is 40.1 Å². The number of esters is 1. The lowest BCUT2D eigenvalue weighted by molar-refractivity contribution is -0.385. The number of hydrogen-bond acceptors (Lipinski definition) is 6. The van der Waals surface area contributed by atoms with Crippen molar-refractivity contribution in [3.63, 3.8) is 0 Å². The monoisotopic (exact) mass is 306 g/mol. The van der Waals surface area contributed by atoms with Gasteiger partial charge in [-0.25, -0.2) is 4.79 Å². The molecule has 0 amide bonds. The Kier molecular flexibility index (Phi) is 4.84. The van der Waals surface area contributed by atoms with E-state index in [1.165, 1.54) is 0 Å². The molecule has 21 heavy (non-hydrogen) atoms. The molecular weight excluding hydrogens is 297 g/mol. The third-order valence-corrected chi connectivity index (χ3v) is 2.19. The van der Waals surface area contributed by atoms with E-state index in [1.54, 1.807) is 0 Å². The van der Waals surface area contributed by atoms with Crippen LogP contribution in [0.1, 0.15) is 16.1 Å². The van der Waals surface area contributed by atoms with Gasteiger partial charge < -0.3 is 9.47 Å². The van der Waals surface area contributed by atoms with Crippen LogP contribution >= 0.6 is 0 Å². The van der Waals surface area contributed by atoms with Crippen LogP contribution in [0.5, 0.6) is 5.88 Å². The van der Waals surface area contributed by atoms with Gasteiger partial charge in [-0.05, 0) is 0 Å². The lowest BCUT2D eigenvalue weighted by atomic mass is 10.2. The number of rotatable bonds is 5. The van der Waals surface area contributed by atoms with Gasteiger partial charge in [-0.1, -0.05) is 12.7 Å². The number of carbonyl (C=O) groups excluding carboxylic acids is 1. The fourth-order valence-corrected chi connectivity index (χ4v) is 1.32. The van der Waals surface area contributed by atoms with Crippen LogP contribution in [0, 0.1) is 10.1 Å². The van der Waals surface area contributed by atoms with Crippen LogP contribution in [-0.2, 0) is 10.9 Å². The number of pyridine rings is 1. The first-order valence-electron chi connectivity index (χ1n) is 5.31. The van der Waals surface area contributed by atoms with Crippen LogP contribution in [-0.4, -0.2) is 29.6 Å². The smallest absolute Gasteiger partial charge is 0.421 e. The van der Waals surface area contributed by atoms with Crippen molar-refractivity contribution in [1.29, 1.82) is 0 Å². The Morgan fingerprint density at radius 2 is 2.19 bits per heavy atom. The van der Waals surface area contributed by atoms with Gasteiger partial charge in [0.25, 0.3) is 0 Å². The molecule has 10 heteroatoms. The topological polar surface area (TPSA) is 91.6 Å². The third-order valence-electron chi connectivity index (χ3n) is 2.19. The van der Waals surface area contributed by atoms with Crippen LogP contribution in [0.15, 0.2) is 18.7 Å². The summed E-state index contributed by atoms with van der Waals surface area (Å²) in [5, 5.41) is 10.8. The number of aromatic nitrogens is 1. The quantitative estimate of drug-likeness (QED) is 0.359. The molecule has 114 valence electrons. The number of methoxy groups -OCH3 is 1. The van der Waals surface area contributed by atoms with Gasteiger partial charge in [0.1, 0.15) is 12.2 Å². The second-order valence-electron chi connectivity index (χ2n) is 3.55. The molecular formula is C11H9F3N2O5. The molecule has 1 aromatic rings. The average molecular weight is 306 g/mol. The Hall–Kier alpha value is -2.65. The molecule has 1 rings (SSSR count). The molecule has 0 radical (unpaired) electrons. The summed E-state index contributed by atoms with van der Waals surface area (Å²) < 4.78 is 47.5. The number of ether oxygens (including phenoxy) is 2. The molecule has 0 aromatic carbocycles. The maximum Gasteiger partial charge on any atom is 0.421 e. The summed E-state index contributed by atoms with van der Waals surface area (Å²) in [5.74, 6) is -2.22. The number of nitro groups is 1. The van der Waals surface area contributed by atoms with Crippen LogP contribution in [0.4, 0.5) is 18.9 Å². The van der Waals surface area contributed by atoms with Crippen LogP contribution in [0.25, 0.3) is 0 Å². The first kappa shape index (κ1) is 16.4. The molecule has 7 nitrogen and oxygen atoms in total. The predicted molar refractivity (Wildman–Crippen MR) is 62.9 cm³/mol. The number of hydrogen-bond donors (Lipinski definition) is 0. The van der Waals surface area contributed by atoms with Gasteiger partial charge in [0.2, 0.25) is 11.6 Å². The Labute approximate surface area is 116 Å². The lowest BCUT2D eigenvalue weighted by Gasteiger charge is -2.13. The van der Waals surface area contributed by atoms with Gasteiger partial charge in [-0.3, -0.25) is 10.1 Å². The SMILES string of the molecule is C=CCOc1nc(C(=O)OC)c([N+](=O)[O-])cc1C(F)(F)F. The molecule has 0 unspecified atom stereocenters. The fourth-order valence-electron chi connectivity index (χ4n) is 1.32. The van der Waals surface area contributed by atoms with Crippen molar-refractivity contribution in [2.75, 3.05) is 13.7 Å². The van der Waals surface area contributed by atoms with Crippen molar-refractivity contribution in [3.8, 4) is 5.88 Å². The molecule has 1 heterocycles. The van der Waals surface area contributed by atoms with Gasteiger partial charge in [0.05, 0.1) is 12.0 Å². The minimum absolute atomic E-state index is 0.178. The first-order chi connectivity index (χ1) is 9.72. The highest BCUT2D eigenvalue weighted by Gasteiger charge is 2.39. The van der Waals surface area contributed by atoms with E-state index in [0.717, 1.165) is 13.2 Å². The van der Waals surface area contributed by atoms with Crippen molar-refractivity contribution in [2.24, 2.45) is 0 Å². The summed E-state index contributed by atoms with van der Waals surface area (Å²) in [7, 11) is 0.912. The molecule has 0 fully saturated rings. The van der Waals surface area contributed by atoms with E-state index in [-0.39, 0.29) is 12.7 Å². The van der Waals surface area contributed by atoms with E-state index in [2.05, 4.69) is 16.3 Å². The summed E-state index contributed by atoms with van der Waals surface area (Å²) in [6.45, 7) is 2.93. The third kappa shape index (κ3) is 3.68. The number of carbonyl (C=O) groups is 1. The highest BCUT2D eigenvalue weighted by Crippen LogP contribution is 2.38. The minimum atomic E-state index is -4.94. The normalized spacial score (nSPS) is 10.9. The molecule has 0 aliphatic carbocycles. The Morgan fingerprint density at radius 1 is 1.57 bits per heavy atom. The second-order valence-corrected chi connectivity index (χ2v) is 3.55. The van der Waals surface area contributed by atoms with Gasteiger partial charge in [-0.15, -0.1) is 0 Å². The van der Waals surface area contributed by atoms with E-state index >= 15 is 0 Å². The average Bonchev–Trinajstić information content (AvgIpc) is 2.41. The first-order valence-corrected chi connectivity index (χ1v) is 5.31. The van der Waals surface area contributed by atoms with Gasteiger partial charge in [0.15, 0.2) is 0 Å². The summed E-state index contributed by atoms with van der Waals surface area (Å²) in [5.41, 5.74) is -3.47. The van der Waals surface area contributed by atoms with E-state index in [1.807, 2.05) is 0 Å². The highest BCUT2D eigenvalue weighted by atomic mass is 19.4. The van der Waals surface area contributed by atoms with E-state index in [9.17, 15) is 28.1 Å². The van der Waals surface area contributed by atoms with Crippen LogP contribution < -0.4 is 4.74 Å². The van der Waals surface area contributed by atoms with E-state index < -0.39 is 39.9 Å². The van der Waals surface area contributed by atoms with E-state index in [4.69, 9.17) is 4.74 Å². The molecule has 0 atom stereocenters. The summed E-state index contributed by atoms with van der Waals surface area (Å²) in [4.78, 5) is 24.3.